The Bertz CT molecular complexity index is 434. The summed E-state index contributed by atoms with van der Waals surface area (Å²) in [4.78, 5) is 23.9. The van der Waals surface area contributed by atoms with E-state index in [1.807, 2.05) is 0 Å². The third-order valence-electron chi connectivity index (χ3n) is 5.01. The van der Waals surface area contributed by atoms with Gasteiger partial charge in [-0.3, -0.25) is 4.79 Å². The van der Waals surface area contributed by atoms with E-state index in [1.165, 1.54) is 7.05 Å². The molecule has 1 saturated carbocycles. The van der Waals surface area contributed by atoms with E-state index in [2.05, 4.69) is 39.2 Å². The van der Waals surface area contributed by atoms with Gasteiger partial charge >= 0.3 is 6.09 Å². The Morgan fingerprint density at radius 1 is 1.26 bits per heavy atom. The standard InChI is InChI=1S/C16H32N2O4Si/c1-16(2,3)23(5,6)22-13-10-8-7-9-12(13)17-14(19)11-18(4)15(20)21/h12-13H,7-11H2,1-6H3,(H,17,19)(H,20,21)/t12-,13-/m1/s1. The largest absolute Gasteiger partial charge is 0.465 e. The highest BCUT2D eigenvalue weighted by molar-refractivity contribution is 6.74. The van der Waals surface area contributed by atoms with Gasteiger partial charge in [0.15, 0.2) is 8.32 Å². The number of carbonyl (C=O) groups excluding carboxylic acids is 1. The summed E-state index contributed by atoms with van der Waals surface area (Å²) >= 11 is 0. The van der Waals surface area contributed by atoms with Gasteiger partial charge in [-0.25, -0.2) is 4.79 Å². The maximum Gasteiger partial charge on any atom is 0.407 e. The lowest BCUT2D eigenvalue weighted by molar-refractivity contribution is -0.123. The third kappa shape index (κ3) is 5.80. The molecule has 2 N–H and O–H groups in total. The molecule has 0 saturated heterocycles. The predicted octanol–water partition coefficient (Wildman–Crippen LogP) is 3.05. The van der Waals surface area contributed by atoms with Crippen LogP contribution in [-0.2, 0) is 9.22 Å². The van der Waals surface area contributed by atoms with Crippen LogP contribution in [0, 0.1) is 0 Å². The zero-order chi connectivity index (χ0) is 17.8. The summed E-state index contributed by atoms with van der Waals surface area (Å²) in [7, 11) is -0.496. The molecular formula is C16H32N2O4Si. The summed E-state index contributed by atoms with van der Waals surface area (Å²) in [5.74, 6) is -0.259. The average Bonchev–Trinajstić information content (AvgIpc) is 2.39. The Morgan fingerprint density at radius 2 is 1.83 bits per heavy atom. The van der Waals surface area contributed by atoms with E-state index in [-0.39, 0.29) is 29.6 Å². The average molecular weight is 345 g/mol. The zero-order valence-corrected chi connectivity index (χ0v) is 16.3. The monoisotopic (exact) mass is 344 g/mol. The zero-order valence-electron chi connectivity index (χ0n) is 15.3. The quantitative estimate of drug-likeness (QED) is 0.751. The first-order valence-electron chi connectivity index (χ1n) is 8.35. The minimum atomic E-state index is -1.89. The minimum absolute atomic E-state index is 0.0208. The van der Waals surface area contributed by atoms with Crippen LogP contribution >= 0.6 is 0 Å². The summed E-state index contributed by atoms with van der Waals surface area (Å²) in [6, 6.07) is -0.0208. The molecule has 1 aliphatic carbocycles. The van der Waals surface area contributed by atoms with Gasteiger partial charge in [0.2, 0.25) is 5.91 Å². The first kappa shape index (κ1) is 20.0. The van der Waals surface area contributed by atoms with Gasteiger partial charge in [-0.1, -0.05) is 33.6 Å². The Hall–Kier alpha value is -1.08. The summed E-state index contributed by atoms with van der Waals surface area (Å²) in [5, 5.41) is 12.0. The molecule has 6 nitrogen and oxygen atoms in total. The maximum atomic E-state index is 12.1. The number of rotatable bonds is 5. The second-order valence-electron chi connectivity index (χ2n) is 8.01. The summed E-state index contributed by atoms with van der Waals surface area (Å²) in [5.41, 5.74) is 0. The highest BCUT2D eigenvalue weighted by Gasteiger charge is 2.41. The van der Waals surface area contributed by atoms with Gasteiger partial charge in [-0.2, -0.15) is 0 Å². The van der Waals surface area contributed by atoms with Crippen molar-refractivity contribution in [3.63, 3.8) is 0 Å². The van der Waals surface area contributed by atoms with Crippen LogP contribution in [0.2, 0.25) is 18.1 Å². The van der Waals surface area contributed by atoms with Crippen molar-refractivity contribution in [3.8, 4) is 0 Å². The molecule has 2 atom stereocenters. The number of hydrogen-bond donors (Lipinski definition) is 2. The highest BCUT2D eigenvalue weighted by Crippen LogP contribution is 2.39. The molecule has 0 aromatic heterocycles. The second kappa shape index (κ2) is 7.66. The lowest BCUT2D eigenvalue weighted by Crippen LogP contribution is -2.54. The lowest BCUT2D eigenvalue weighted by atomic mass is 9.92. The first-order valence-corrected chi connectivity index (χ1v) is 11.3. The van der Waals surface area contributed by atoms with Crippen LogP contribution < -0.4 is 5.32 Å². The third-order valence-corrected chi connectivity index (χ3v) is 9.51. The fraction of sp³-hybridized carbons (Fsp3) is 0.875. The Morgan fingerprint density at radius 3 is 2.35 bits per heavy atom. The molecule has 0 aliphatic heterocycles. The van der Waals surface area contributed by atoms with Crippen LogP contribution in [0.1, 0.15) is 46.5 Å². The first-order chi connectivity index (χ1) is 10.4. The predicted molar refractivity (Wildman–Crippen MR) is 93.1 cm³/mol. The Kier molecular flexibility index (Phi) is 6.65. The minimum Gasteiger partial charge on any atom is -0.465 e. The van der Waals surface area contributed by atoms with E-state index in [4.69, 9.17) is 9.53 Å². The molecule has 134 valence electrons. The fourth-order valence-electron chi connectivity index (χ4n) is 2.49. The molecular weight excluding hydrogens is 312 g/mol. The van der Waals surface area contributed by atoms with Crippen LogP contribution in [0.4, 0.5) is 4.79 Å². The topological polar surface area (TPSA) is 78.9 Å². The second-order valence-corrected chi connectivity index (χ2v) is 12.8. The van der Waals surface area contributed by atoms with Gasteiger partial charge in [-0.05, 0) is 31.0 Å². The SMILES string of the molecule is CN(CC(=O)N[C@@H]1CCCC[C@H]1O[Si](C)(C)C(C)(C)C)C(=O)O. The van der Waals surface area contributed by atoms with Crippen LogP contribution in [0.5, 0.6) is 0 Å². The van der Waals surface area contributed by atoms with E-state index in [9.17, 15) is 9.59 Å². The summed E-state index contributed by atoms with van der Waals surface area (Å²) in [6.07, 6.45) is 2.95. The molecule has 1 fully saturated rings. The molecule has 0 spiro atoms. The van der Waals surface area contributed by atoms with Crippen molar-refractivity contribution >= 4 is 20.3 Å². The van der Waals surface area contributed by atoms with Crippen molar-refractivity contribution in [1.82, 2.24) is 10.2 Å². The number of carboxylic acid groups (broad SMARTS) is 1. The van der Waals surface area contributed by atoms with E-state index >= 15 is 0 Å². The molecule has 1 rings (SSSR count). The molecule has 0 radical (unpaired) electrons. The van der Waals surface area contributed by atoms with E-state index in [1.54, 1.807) is 0 Å². The van der Waals surface area contributed by atoms with Gasteiger partial charge in [-0.15, -0.1) is 0 Å². The Balaban J connectivity index is 2.68. The molecule has 2 amide bonds. The molecule has 7 heteroatoms. The van der Waals surface area contributed by atoms with E-state index in [0.717, 1.165) is 30.6 Å². The fourth-order valence-corrected chi connectivity index (χ4v) is 3.89. The van der Waals surface area contributed by atoms with Crippen LogP contribution in [0.25, 0.3) is 0 Å². The van der Waals surface area contributed by atoms with Crippen molar-refractivity contribution in [2.75, 3.05) is 13.6 Å². The number of nitrogens with one attached hydrogen (secondary N) is 1. The molecule has 0 aromatic carbocycles. The number of likely N-dealkylation sites (N-methyl/N-ethyl adjacent to an activating group) is 1. The lowest BCUT2D eigenvalue weighted by Gasteiger charge is -2.43. The molecule has 0 aromatic rings. The van der Waals surface area contributed by atoms with Crippen LogP contribution in [0.15, 0.2) is 0 Å². The van der Waals surface area contributed by atoms with E-state index < -0.39 is 14.4 Å². The molecule has 0 unspecified atom stereocenters. The van der Waals surface area contributed by atoms with Crippen molar-refractivity contribution in [3.05, 3.63) is 0 Å². The number of hydrogen-bond acceptors (Lipinski definition) is 3. The smallest absolute Gasteiger partial charge is 0.407 e. The van der Waals surface area contributed by atoms with Crippen LogP contribution in [-0.4, -0.2) is 56.1 Å². The van der Waals surface area contributed by atoms with Gasteiger partial charge in [0.25, 0.3) is 0 Å². The summed E-state index contributed by atoms with van der Waals surface area (Å²) in [6.45, 7) is 10.9. The molecule has 1 aliphatic rings. The van der Waals surface area contributed by atoms with E-state index in [0.29, 0.717) is 0 Å². The highest BCUT2D eigenvalue weighted by atomic mass is 28.4. The summed E-state index contributed by atoms with van der Waals surface area (Å²) < 4.78 is 6.50. The van der Waals surface area contributed by atoms with Crippen molar-refractivity contribution < 1.29 is 19.1 Å². The van der Waals surface area contributed by atoms with Crippen molar-refractivity contribution in [2.24, 2.45) is 0 Å². The Labute approximate surface area is 140 Å². The van der Waals surface area contributed by atoms with Gasteiger partial charge in [0.05, 0.1) is 12.1 Å². The molecule has 0 heterocycles. The van der Waals surface area contributed by atoms with Crippen molar-refractivity contribution in [1.29, 1.82) is 0 Å². The van der Waals surface area contributed by atoms with Gasteiger partial charge in [0, 0.05) is 7.05 Å². The number of amides is 2. The maximum absolute atomic E-state index is 12.1. The van der Waals surface area contributed by atoms with Crippen molar-refractivity contribution in [2.45, 2.75) is 76.7 Å². The van der Waals surface area contributed by atoms with Gasteiger partial charge in [0.1, 0.15) is 6.54 Å². The number of carbonyl (C=O) groups is 2. The normalized spacial score (nSPS) is 22.5. The van der Waals surface area contributed by atoms with Crippen LogP contribution in [0.3, 0.4) is 0 Å². The molecule has 23 heavy (non-hydrogen) atoms. The number of nitrogens with zero attached hydrogens (tertiary/aromatic N) is 1. The molecule has 0 bridgehead atoms. The van der Waals surface area contributed by atoms with Gasteiger partial charge < -0.3 is 19.7 Å².